The Morgan fingerprint density at radius 1 is 1.10 bits per heavy atom. The molecule has 2 aromatic carbocycles. The number of thiazole rings is 1. The Morgan fingerprint density at radius 3 is 2.73 bits per heavy atom. The number of hydrogen-bond donors (Lipinski definition) is 2. The van der Waals surface area contributed by atoms with Crippen LogP contribution in [0.3, 0.4) is 0 Å². The lowest BCUT2D eigenvalue weighted by atomic mass is 9.90. The molecule has 0 spiro atoms. The second-order valence-corrected chi connectivity index (χ2v) is 8.02. The van der Waals surface area contributed by atoms with Gasteiger partial charge in [0.15, 0.2) is 5.13 Å². The van der Waals surface area contributed by atoms with Gasteiger partial charge in [0.2, 0.25) is 5.91 Å². The number of aryl methyl sites for hydroxylation is 2. The molecule has 2 N–H and O–H groups in total. The van der Waals surface area contributed by atoms with Crippen molar-refractivity contribution in [3.8, 4) is 17.0 Å². The number of para-hydroxylation sites is 1. The van der Waals surface area contributed by atoms with E-state index >= 15 is 0 Å². The van der Waals surface area contributed by atoms with Crippen LogP contribution in [0.2, 0.25) is 0 Å². The minimum Gasteiger partial charge on any atom is -0.496 e. The van der Waals surface area contributed by atoms with Crippen LogP contribution < -0.4 is 15.4 Å². The van der Waals surface area contributed by atoms with Gasteiger partial charge in [0.25, 0.3) is 5.91 Å². The van der Waals surface area contributed by atoms with Gasteiger partial charge in [-0.2, -0.15) is 0 Å². The molecule has 3 aromatic rings. The van der Waals surface area contributed by atoms with E-state index in [1.54, 1.807) is 24.3 Å². The van der Waals surface area contributed by atoms with Crippen LogP contribution in [0.15, 0.2) is 47.8 Å². The summed E-state index contributed by atoms with van der Waals surface area (Å²) in [5.41, 5.74) is 5.13. The summed E-state index contributed by atoms with van der Waals surface area (Å²) in [4.78, 5) is 29.1. The molecule has 0 radical (unpaired) electrons. The summed E-state index contributed by atoms with van der Waals surface area (Å²) in [5, 5.41) is 7.82. The summed E-state index contributed by atoms with van der Waals surface area (Å²) in [6.07, 6.45) is 4.75. The molecule has 6 nitrogen and oxygen atoms in total. The molecule has 0 saturated heterocycles. The highest BCUT2D eigenvalue weighted by molar-refractivity contribution is 7.14. The van der Waals surface area contributed by atoms with Crippen molar-refractivity contribution in [1.82, 2.24) is 10.3 Å². The minimum atomic E-state index is -0.364. The van der Waals surface area contributed by atoms with Crippen LogP contribution in [0.25, 0.3) is 11.3 Å². The standard InChI is InChI=1S/C23H23N3O3S/c1-29-20-9-5-4-8-18(20)22(28)24-13-21(27)26-23-25-19(14-30-23)17-11-10-15-6-2-3-7-16(15)12-17/h4-5,8-12,14H,2-3,6-7,13H2,1H3,(H,24,28)(H,25,26,27). The number of methoxy groups -OCH3 is 1. The average Bonchev–Trinajstić information content (AvgIpc) is 3.25. The number of carbonyl (C=O) groups is 2. The lowest BCUT2D eigenvalue weighted by Gasteiger charge is -2.16. The predicted octanol–water partition coefficient (Wildman–Crippen LogP) is 4.07. The van der Waals surface area contributed by atoms with Crippen molar-refractivity contribution in [2.45, 2.75) is 25.7 Å². The maximum atomic E-state index is 12.3. The molecular weight excluding hydrogens is 398 g/mol. The van der Waals surface area contributed by atoms with Gasteiger partial charge < -0.3 is 15.4 Å². The molecule has 1 aliphatic carbocycles. The second-order valence-electron chi connectivity index (χ2n) is 7.16. The van der Waals surface area contributed by atoms with Gasteiger partial charge in [-0.25, -0.2) is 4.98 Å². The summed E-state index contributed by atoms with van der Waals surface area (Å²) < 4.78 is 5.18. The fraction of sp³-hybridized carbons (Fsp3) is 0.261. The van der Waals surface area contributed by atoms with Gasteiger partial charge >= 0.3 is 0 Å². The molecule has 0 unspecified atom stereocenters. The monoisotopic (exact) mass is 421 g/mol. The largest absolute Gasteiger partial charge is 0.496 e. The van der Waals surface area contributed by atoms with Crippen LogP contribution >= 0.6 is 11.3 Å². The maximum absolute atomic E-state index is 12.3. The number of aromatic nitrogens is 1. The van der Waals surface area contributed by atoms with E-state index in [0.29, 0.717) is 16.4 Å². The van der Waals surface area contributed by atoms with E-state index in [2.05, 4.69) is 33.8 Å². The van der Waals surface area contributed by atoms with Crippen LogP contribution in [0.4, 0.5) is 5.13 Å². The van der Waals surface area contributed by atoms with Crippen LogP contribution in [0.1, 0.15) is 34.3 Å². The number of amides is 2. The zero-order chi connectivity index (χ0) is 20.9. The summed E-state index contributed by atoms with van der Waals surface area (Å²) >= 11 is 1.37. The van der Waals surface area contributed by atoms with E-state index in [9.17, 15) is 9.59 Å². The first kappa shape index (κ1) is 20.1. The highest BCUT2D eigenvalue weighted by Crippen LogP contribution is 2.29. The normalized spacial score (nSPS) is 12.7. The molecule has 0 bridgehead atoms. The summed E-state index contributed by atoms with van der Waals surface area (Å²) in [6, 6.07) is 13.4. The first-order chi connectivity index (χ1) is 14.6. The van der Waals surface area contributed by atoms with Gasteiger partial charge in [-0.1, -0.05) is 24.3 Å². The zero-order valence-corrected chi connectivity index (χ0v) is 17.6. The van der Waals surface area contributed by atoms with Crippen LogP contribution in [-0.4, -0.2) is 30.5 Å². The van der Waals surface area contributed by atoms with Crippen molar-refractivity contribution in [3.63, 3.8) is 0 Å². The SMILES string of the molecule is COc1ccccc1C(=O)NCC(=O)Nc1nc(-c2ccc3c(c2)CCCC3)cs1. The lowest BCUT2D eigenvalue weighted by Crippen LogP contribution is -2.33. The van der Waals surface area contributed by atoms with E-state index < -0.39 is 0 Å². The third-order valence-corrected chi connectivity index (χ3v) is 5.91. The number of rotatable bonds is 6. The van der Waals surface area contributed by atoms with Crippen LogP contribution in [0.5, 0.6) is 5.75 Å². The lowest BCUT2D eigenvalue weighted by molar-refractivity contribution is -0.115. The highest BCUT2D eigenvalue weighted by Gasteiger charge is 2.15. The molecule has 154 valence electrons. The number of nitrogens with zero attached hydrogens (tertiary/aromatic N) is 1. The number of fused-ring (bicyclic) bond motifs is 1. The highest BCUT2D eigenvalue weighted by atomic mass is 32.1. The first-order valence-electron chi connectivity index (χ1n) is 9.93. The third-order valence-electron chi connectivity index (χ3n) is 5.16. The van der Waals surface area contributed by atoms with Gasteiger partial charge in [-0.15, -0.1) is 11.3 Å². The number of hydrogen-bond acceptors (Lipinski definition) is 5. The van der Waals surface area contributed by atoms with Gasteiger partial charge in [-0.3, -0.25) is 9.59 Å². The molecule has 2 amide bonds. The fourth-order valence-corrected chi connectivity index (χ4v) is 4.34. The second kappa shape index (κ2) is 9.09. The Bertz CT molecular complexity index is 1080. The number of benzene rings is 2. The summed E-state index contributed by atoms with van der Waals surface area (Å²) in [6.45, 7) is -0.148. The molecular formula is C23H23N3O3S. The third kappa shape index (κ3) is 4.52. The average molecular weight is 422 g/mol. The van der Waals surface area contributed by atoms with Crippen molar-refractivity contribution in [2.24, 2.45) is 0 Å². The van der Waals surface area contributed by atoms with Crippen molar-refractivity contribution in [3.05, 3.63) is 64.5 Å². The predicted molar refractivity (Wildman–Crippen MR) is 118 cm³/mol. The Balaban J connectivity index is 1.36. The molecule has 1 aromatic heterocycles. The Hall–Kier alpha value is -3.19. The summed E-state index contributed by atoms with van der Waals surface area (Å²) in [7, 11) is 1.50. The molecule has 0 atom stereocenters. The molecule has 0 aliphatic heterocycles. The topological polar surface area (TPSA) is 80.3 Å². The van der Waals surface area contributed by atoms with Gasteiger partial charge in [-0.05, 0) is 55.0 Å². The quantitative estimate of drug-likeness (QED) is 0.629. The molecule has 7 heteroatoms. The van der Waals surface area contributed by atoms with E-state index in [4.69, 9.17) is 4.74 Å². The van der Waals surface area contributed by atoms with Crippen molar-refractivity contribution in [1.29, 1.82) is 0 Å². The molecule has 30 heavy (non-hydrogen) atoms. The Morgan fingerprint density at radius 2 is 1.90 bits per heavy atom. The van der Waals surface area contributed by atoms with Crippen molar-refractivity contribution < 1.29 is 14.3 Å². The van der Waals surface area contributed by atoms with E-state index in [-0.39, 0.29) is 18.4 Å². The number of carbonyl (C=O) groups excluding carboxylic acids is 2. The summed E-state index contributed by atoms with van der Waals surface area (Å²) in [5.74, 6) is -0.230. The maximum Gasteiger partial charge on any atom is 0.255 e. The van der Waals surface area contributed by atoms with Crippen molar-refractivity contribution >= 4 is 28.3 Å². The smallest absolute Gasteiger partial charge is 0.255 e. The molecule has 0 saturated carbocycles. The fourth-order valence-electron chi connectivity index (χ4n) is 3.61. The van der Waals surface area contributed by atoms with Gasteiger partial charge in [0.05, 0.1) is 24.9 Å². The van der Waals surface area contributed by atoms with Crippen molar-refractivity contribution in [2.75, 3.05) is 19.0 Å². The zero-order valence-electron chi connectivity index (χ0n) is 16.7. The van der Waals surface area contributed by atoms with Gasteiger partial charge in [0, 0.05) is 10.9 Å². The van der Waals surface area contributed by atoms with E-state index in [1.807, 2.05) is 5.38 Å². The first-order valence-corrected chi connectivity index (χ1v) is 10.8. The van der Waals surface area contributed by atoms with Gasteiger partial charge in [0.1, 0.15) is 5.75 Å². The van der Waals surface area contributed by atoms with E-state index in [1.165, 1.54) is 42.4 Å². The number of ether oxygens (including phenoxy) is 1. The Labute approximate surface area is 179 Å². The van der Waals surface area contributed by atoms with E-state index in [0.717, 1.165) is 24.1 Å². The van der Waals surface area contributed by atoms with Crippen LogP contribution in [0, 0.1) is 0 Å². The number of nitrogens with one attached hydrogen (secondary N) is 2. The molecule has 1 heterocycles. The number of anilines is 1. The Kier molecular flexibility index (Phi) is 6.09. The van der Waals surface area contributed by atoms with Crippen LogP contribution in [-0.2, 0) is 17.6 Å². The molecule has 4 rings (SSSR count). The molecule has 0 fully saturated rings. The molecule has 1 aliphatic rings. The minimum absolute atomic E-state index is 0.148.